The van der Waals surface area contributed by atoms with Crippen LogP contribution in [-0.4, -0.2) is 103 Å². The maximum Gasteiger partial charge on any atom is 0.281 e. The molecule has 13 heteroatoms. The van der Waals surface area contributed by atoms with E-state index in [4.69, 9.17) is 14.5 Å². The van der Waals surface area contributed by atoms with E-state index in [9.17, 15) is 12.6 Å². The molecule has 4 heterocycles. The van der Waals surface area contributed by atoms with Gasteiger partial charge in [-0.2, -0.15) is 8.42 Å². The average molecular weight is 594 g/mol. The van der Waals surface area contributed by atoms with Gasteiger partial charge in [0.25, 0.3) is 10.0 Å². The molecule has 3 aliphatic rings. The molecule has 1 aromatic carbocycles. The van der Waals surface area contributed by atoms with Crippen molar-refractivity contribution in [3.63, 3.8) is 0 Å². The molecule has 0 aliphatic carbocycles. The fourth-order valence-corrected chi connectivity index (χ4v) is 8.52. The van der Waals surface area contributed by atoms with E-state index in [0.717, 1.165) is 54.0 Å². The van der Waals surface area contributed by atoms with Crippen LogP contribution < -0.4 is 14.4 Å². The monoisotopic (exact) mass is 593 g/mol. The van der Waals surface area contributed by atoms with Crippen molar-refractivity contribution in [2.75, 3.05) is 68.1 Å². The quantitative estimate of drug-likeness (QED) is 0.443. The lowest BCUT2D eigenvalue weighted by Crippen LogP contribution is -2.41. The minimum atomic E-state index is -3.90. The van der Waals surface area contributed by atoms with Gasteiger partial charge in [-0.15, -0.1) is 11.8 Å². The number of hydrogen-bond acceptors (Lipinski definition) is 10. The summed E-state index contributed by atoms with van der Waals surface area (Å²) < 4.78 is 51.3. The number of anilines is 2. The zero-order valence-electron chi connectivity index (χ0n) is 22.4. The van der Waals surface area contributed by atoms with Crippen molar-refractivity contribution >= 4 is 49.0 Å². The Morgan fingerprint density at radius 1 is 1.28 bits per heavy atom. The zero-order valence-corrected chi connectivity index (χ0v) is 24.9. The molecule has 2 unspecified atom stereocenters. The third-order valence-electron chi connectivity index (χ3n) is 7.02. The molecular formula is C26H35N5O5S3. The van der Waals surface area contributed by atoms with Gasteiger partial charge in [0.15, 0.2) is 5.03 Å². The van der Waals surface area contributed by atoms with Gasteiger partial charge < -0.3 is 19.7 Å². The summed E-state index contributed by atoms with van der Waals surface area (Å²) in [5.41, 5.74) is 2.24. The Kier molecular flexibility index (Phi) is 8.82. The molecule has 3 atom stereocenters. The number of thioether (sulfide) groups is 1. The summed E-state index contributed by atoms with van der Waals surface area (Å²) in [5.74, 6) is 2.07. The zero-order chi connectivity index (χ0) is 27.6. The number of methoxy groups -OCH3 is 1. The lowest BCUT2D eigenvalue weighted by atomic mass is 10.1. The smallest absolute Gasteiger partial charge is 0.281 e. The van der Waals surface area contributed by atoms with E-state index < -0.39 is 20.8 Å². The lowest BCUT2D eigenvalue weighted by molar-refractivity contribution is 0.0921. The molecule has 212 valence electrons. The van der Waals surface area contributed by atoms with Crippen LogP contribution in [0.2, 0.25) is 0 Å². The second kappa shape index (κ2) is 12.1. The van der Waals surface area contributed by atoms with Gasteiger partial charge in [-0.3, -0.25) is 13.5 Å². The molecule has 0 amide bonds. The van der Waals surface area contributed by atoms with Crippen molar-refractivity contribution in [1.29, 1.82) is 0 Å². The van der Waals surface area contributed by atoms with Crippen LogP contribution in [-0.2, 0) is 32.0 Å². The van der Waals surface area contributed by atoms with Gasteiger partial charge in [0.05, 0.1) is 35.6 Å². The second-order valence-electron chi connectivity index (χ2n) is 9.97. The summed E-state index contributed by atoms with van der Waals surface area (Å²) >= 11 is 1.79. The standard InChI is InChI=1S/C26H35N5O5S3/c1-18(17-35-3)36-20-12-19-13-22(26-28-15-21(37-26)16-31-8-10-38(32)11-9-31)29-25(19)23(14-20)30(2)39(33,34)24-6-4-5-7-27-24/h4-7,12,14,18,21-22,29H,8-11,13,15-17H2,1-3H3/t18-,21?,22?/m0/s1. The van der Waals surface area contributed by atoms with Gasteiger partial charge in [0.1, 0.15) is 11.9 Å². The fraction of sp³-hybridized carbons (Fsp3) is 0.538. The van der Waals surface area contributed by atoms with Crippen LogP contribution >= 0.6 is 11.8 Å². The third-order valence-corrected chi connectivity index (χ3v) is 11.3. The van der Waals surface area contributed by atoms with E-state index in [0.29, 0.717) is 29.7 Å². The summed E-state index contributed by atoms with van der Waals surface area (Å²) in [6.45, 7) is 5.75. The second-order valence-corrected chi connectivity index (χ2v) is 14.9. The number of aromatic nitrogens is 1. The van der Waals surface area contributed by atoms with E-state index in [1.165, 1.54) is 16.6 Å². The Morgan fingerprint density at radius 3 is 2.79 bits per heavy atom. The van der Waals surface area contributed by atoms with E-state index in [1.807, 2.05) is 13.0 Å². The number of sulfonamides is 1. The predicted octanol–water partition coefficient (Wildman–Crippen LogP) is 2.24. The molecule has 1 aromatic heterocycles. The lowest BCUT2D eigenvalue weighted by Gasteiger charge is -2.28. The number of nitrogens with one attached hydrogen (secondary N) is 1. The fourth-order valence-electron chi connectivity index (χ4n) is 5.04. The predicted molar refractivity (Wildman–Crippen MR) is 157 cm³/mol. The summed E-state index contributed by atoms with van der Waals surface area (Å²) in [6.07, 6.45) is 1.95. The normalized spacial score (nSPS) is 22.7. The largest absolute Gasteiger partial charge is 0.488 e. The number of fused-ring (bicyclic) bond motifs is 1. The highest BCUT2D eigenvalue weighted by atomic mass is 32.2. The number of hydrogen-bond donors (Lipinski definition) is 1. The van der Waals surface area contributed by atoms with Gasteiger partial charge in [0, 0.05) is 80.0 Å². The van der Waals surface area contributed by atoms with Crippen LogP contribution in [0.25, 0.3) is 0 Å². The summed E-state index contributed by atoms with van der Waals surface area (Å²) in [6, 6.07) is 8.54. The van der Waals surface area contributed by atoms with Gasteiger partial charge in [-0.05, 0) is 30.7 Å². The van der Waals surface area contributed by atoms with Crippen molar-refractivity contribution in [2.45, 2.75) is 35.8 Å². The first-order valence-corrected chi connectivity index (χ1v) is 16.8. The molecule has 0 spiro atoms. The molecule has 3 aliphatic heterocycles. The van der Waals surface area contributed by atoms with E-state index in [-0.39, 0.29) is 17.2 Å². The van der Waals surface area contributed by atoms with Crippen LogP contribution in [0.3, 0.4) is 0 Å². The molecular weight excluding hydrogens is 559 g/mol. The van der Waals surface area contributed by atoms with Crippen molar-refractivity contribution in [1.82, 2.24) is 9.88 Å². The van der Waals surface area contributed by atoms with Crippen LogP contribution in [0.1, 0.15) is 12.5 Å². The first-order chi connectivity index (χ1) is 18.7. The van der Waals surface area contributed by atoms with E-state index in [1.54, 1.807) is 44.1 Å². The van der Waals surface area contributed by atoms with Crippen LogP contribution in [0.15, 0.2) is 46.5 Å². The molecule has 2 aromatic rings. The maximum atomic E-state index is 13.5. The van der Waals surface area contributed by atoms with E-state index in [2.05, 4.69) is 15.2 Å². The number of nitrogens with zero attached hydrogens (tertiary/aromatic N) is 4. The maximum absolute atomic E-state index is 13.5. The van der Waals surface area contributed by atoms with Crippen molar-refractivity contribution in [2.24, 2.45) is 4.99 Å². The minimum absolute atomic E-state index is 0.0185. The first-order valence-electron chi connectivity index (χ1n) is 13.0. The van der Waals surface area contributed by atoms with Gasteiger partial charge in [-0.1, -0.05) is 6.07 Å². The average Bonchev–Trinajstić information content (AvgIpc) is 3.57. The van der Waals surface area contributed by atoms with Gasteiger partial charge in [-0.25, -0.2) is 4.98 Å². The van der Waals surface area contributed by atoms with Crippen LogP contribution in [0.4, 0.5) is 11.4 Å². The Balaban J connectivity index is 1.36. The topological polar surface area (TPSA) is 113 Å². The number of rotatable bonds is 10. The van der Waals surface area contributed by atoms with Crippen molar-refractivity contribution < 1.29 is 22.1 Å². The summed E-state index contributed by atoms with van der Waals surface area (Å²) in [4.78, 5) is 11.3. The number of pyridine rings is 1. The van der Waals surface area contributed by atoms with Crippen molar-refractivity contribution in [3.05, 3.63) is 42.1 Å². The van der Waals surface area contributed by atoms with Gasteiger partial charge >= 0.3 is 0 Å². The minimum Gasteiger partial charge on any atom is -0.488 e. The Hall–Kier alpha value is -2.19. The molecule has 5 rings (SSSR count). The summed E-state index contributed by atoms with van der Waals surface area (Å²) in [5, 5.41) is 4.95. The number of aliphatic imine (C=N–C) groups is 1. The molecule has 1 saturated heterocycles. The SMILES string of the molecule is COC[C@H](C)Oc1cc2c(c(N(C)S(=O)(=O)c3ccccn3)c1)NC(C1=NCC(CN3CCS(=O)CC3)S1)C2. The van der Waals surface area contributed by atoms with Crippen molar-refractivity contribution in [3.8, 4) is 5.75 Å². The highest BCUT2D eigenvalue weighted by Gasteiger charge is 2.35. The van der Waals surface area contributed by atoms with Crippen LogP contribution in [0.5, 0.6) is 5.75 Å². The highest BCUT2D eigenvalue weighted by Crippen LogP contribution is 2.42. The molecule has 10 nitrogen and oxygen atoms in total. The Bertz CT molecular complexity index is 1330. The molecule has 0 bridgehead atoms. The Morgan fingerprint density at radius 2 is 2.08 bits per heavy atom. The highest BCUT2D eigenvalue weighted by molar-refractivity contribution is 8.15. The molecule has 1 fully saturated rings. The van der Waals surface area contributed by atoms with Gasteiger partial charge in [0.2, 0.25) is 0 Å². The summed E-state index contributed by atoms with van der Waals surface area (Å²) in [7, 11) is -1.42. The number of ether oxygens (including phenoxy) is 2. The molecule has 1 N–H and O–H groups in total. The van der Waals surface area contributed by atoms with E-state index >= 15 is 0 Å². The number of benzene rings is 1. The third kappa shape index (κ3) is 6.43. The van der Waals surface area contributed by atoms with Crippen LogP contribution in [0, 0.1) is 0 Å². The molecule has 0 radical (unpaired) electrons. The molecule has 0 saturated carbocycles. The Labute approximate surface area is 237 Å². The molecule has 39 heavy (non-hydrogen) atoms. The first kappa shape index (κ1) is 28.3.